The highest BCUT2D eigenvalue weighted by atomic mass is 79.9. The molecule has 0 radical (unpaired) electrons. The first-order valence-corrected chi connectivity index (χ1v) is 10.4. The van der Waals surface area contributed by atoms with Gasteiger partial charge in [0.2, 0.25) is 0 Å². The molecule has 0 aliphatic rings. The molecule has 3 aromatic rings. The molecule has 31 heavy (non-hydrogen) atoms. The van der Waals surface area contributed by atoms with E-state index in [1.165, 1.54) is 12.3 Å². The molecule has 1 atom stereocenters. The van der Waals surface area contributed by atoms with E-state index < -0.39 is 12.1 Å². The molecular weight excluding hydrogens is 484 g/mol. The van der Waals surface area contributed by atoms with Crippen molar-refractivity contribution in [3.8, 4) is 11.5 Å². The number of benzene rings is 3. The highest BCUT2D eigenvalue weighted by Crippen LogP contribution is 2.18. The number of hydrazone groups is 1. The molecule has 0 fully saturated rings. The molecule has 1 N–H and O–H groups in total. The van der Waals surface area contributed by atoms with Crippen LogP contribution in [0.2, 0.25) is 5.02 Å². The van der Waals surface area contributed by atoms with E-state index in [1.807, 2.05) is 12.1 Å². The highest BCUT2D eigenvalue weighted by molar-refractivity contribution is 9.10. The third kappa shape index (κ3) is 6.94. The number of hydrogen-bond donors (Lipinski definition) is 1. The Kier molecular flexibility index (Phi) is 7.81. The van der Waals surface area contributed by atoms with Gasteiger partial charge in [0.15, 0.2) is 6.10 Å². The van der Waals surface area contributed by atoms with Gasteiger partial charge < -0.3 is 9.47 Å². The zero-order valence-electron chi connectivity index (χ0n) is 16.4. The zero-order chi connectivity index (χ0) is 22.2. The summed E-state index contributed by atoms with van der Waals surface area (Å²) in [6.07, 6.45) is 0.763. The maximum Gasteiger partial charge on any atom is 0.343 e. The third-order valence-electron chi connectivity index (χ3n) is 4.04. The second-order valence-electron chi connectivity index (χ2n) is 6.42. The summed E-state index contributed by atoms with van der Waals surface area (Å²) in [6, 6.07) is 20.4. The van der Waals surface area contributed by atoms with Crippen molar-refractivity contribution in [2.24, 2.45) is 5.10 Å². The van der Waals surface area contributed by atoms with E-state index in [2.05, 4.69) is 26.5 Å². The molecule has 0 aromatic heterocycles. The molecule has 0 heterocycles. The molecule has 6 nitrogen and oxygen atoms in total. The number of carbonyl (C=O) groups excluding carboxylic acids is 2. The Hall–Kier alpha value is -3.16. The minimum absolute atomic E-state index is 0.361. The maximum atomic E-state index is 12.1. The van der Waals surface area contributed by atoms with E-state index in [4.69, 9.17) is 21.1 Å². The fraction of sp³-hybridized carbons (Fsp3) is 0.0870. The average Bonchev–Trinajstić information content (AvgIpc) is 2.76. The van der Waals surface area contributed by atoms with Crippen molar-refractivity contribution in [3.05, 3.63) is 93.4 Å². The van der Waals surface area contributed by atoms with E-state index >= 15 is 0 Å². The standard InChI is InChI=1S/C23H18BrClN2O4/c1-15(30-20-11-7-18(24)8-12-20)22(28)27-26-14-16-5-9-21(10-6-16)31-23(29)17-3-2-4-19(25)13-17/h2-15H,1H3,(H,27,28). The van der Waals surface area contributed by atoms with Gasteiger partial charge >= 0.3 is 5.97 Å². The van der Waals surface area contributed by atoms with Gasteiger partial charge in [-0.3, -0.25) is 4.79 Å². The molecule has 0 aliphatic carbocycles. The van der Waals surface area contributed by atoms with Gasteiger partial charge in [0.1, 0.15) is 11.5 Å². The van der Waals surface area contributed by atoms with Crippen LogP contribution in [0.5, 0.6) is 11.5 Å². The second kappa shape index (κ2) is 10.7. The van der Waals surface area contributed by atoms with Crippen LogP contribution in [0.1, 0.15) is 22.8 Å². The van der Waals surface area contributed by atoms with E-state index in [0.717, 1.165) is 4.47 Å². The van der Waals surface area contributed by atoms with Crippen LogP contribution in [0.3, 0.4) is 0 Å². The summed E-state index contributed by atoms with van der Waals surface area (Å²) < 4.78 is 11.8. The number of hydrogen-bond acceptors (Lipinski definition) is 5. The number of halogens is 2. The summed E-state index contributed by atoms with van der Waals surface area (Å²) in [5.74, 6) is 0.0719. The van der Waals surface area contributed by atoms with E-state index in [-0.39, 0.29) is 5.91 Å². The third-order valence-corrected chi connectivity index (χ3v) is 4.80. The van der Waals surface area contributed by atoms with Crippen LogP contribution in [0.15, 0.2) is 82.4 Å². The van der Waals surface area contributed by atoms with Gasteiger partial charge in [-0.25, -0.2) is 10.2 Å². The number of amides is 1. The number of ether oxygens (including phenoxy) is 2. The van der Waals surface area contributed by atoms with Crippen molar-refractivity contribution in [1.82, 2.24) is 5.43 Å². The van der Waals surface area contributed by atoms with Crippen LogP contribution < -0.4 is 14.9 Å². The molecule has 158 valence electrons. The average molecular weight is 502 g/mol. The van der Waals surface area contributed by atoms with E-state index in [9.17, 15) is 9.59 Å². The highest BCUT2D eigenvalue weighted by Gasteiger charge is 2.14. The van der Waals surface area contributed by atoms with Gasteiger partial charge in [-0.15, -0.1) is 0 Å². The number of nitrogens with zero attached hydrogens (tertiary/aromatic N) is 1. The summed E-state index contributed by atoms with van der Waals surface area (Å²) >= 11 is 9.23. The number of esters is 1. The topological polar surface area (TPSA) is 77.0 Å². The van der Waals surface area contributed by atoms with Gasteiger partial charge in [-0.05, 0) is 79.2 Å². The molecule has 0 bridgehead atoms. The molecule has 0 saturated carbocycles. The first-order chi connectivity index (χ1) is 14.9. The Labute approximate surface area is 193 Å². The van der Waals surface area contributed by atoms with Crippen LogP contribution >= 0.6 is 27.5 Å². The summed E-state index contributed by atoms with van der Waals surface area (Å²) in [6.45, 7) is 1.63. The molecule has 3 rings (SSSR count). The fourth-order valence-electron chi connectivity index (χ4n) is 2.44. The minimum Gasteiger partial charge on any atom is -0.481 e. The smallest absolute Gasteiger partial charge is 0.343 e. The zero-order valence-corrected chi connectivity index (χ0v) is 18.8. The second-order valence-corrected chi connectivity index (χ2v) is 7.77. The normalized spacial score (nSPS) is 11.7. The summed E-state index contributed by atoms with van der Waals surface area (Å²) in [4.78, 5) is 24.3. The van der Waals surface area contributed by atoms with Crippen LogP contribution in [0.25, 0.3) is 0 Å². The summed E-state index contributed by atoms with van der Waals surface area (Å²) in [5, 5.41) is 4.39. The first kappa shape index (κ1) is 22.5. The first-order valence-electron chi connectivity index (χ1n) is 9.23. The lowest BCUT2D eigenvalue weighted by atomic mass is 10.2. The molecule has 1 amide bonds. The summed E-state index contributed by atoms with van der Waals surface area (Å²) in [5.41, 5.74) is 3.51. The Balaban J connectivity index is 1.50. The lowest BCUT2D eigenvalue weighted by molar-refractivity contribution is -0.127. The summed E-state index contributed by atoms with van der Waals surface area (Å²) in [7, 11) is 0. The monoisotopic (exact) mass is 500 g/mol. The molecule has 1 unspecified atom stereocenters. The number of carbonyl (C=O) groups is 2. The van der Waals surface area contributed by atoms with Crippen molar-refractivity contribution >= 4 is 45.6 Å². The van der Waals surface area contributed by atoms with Gasteiger partial charge in [0.25, 0.3) is 5.91 Å². The van der Waals surface area contributed by atoms with Gasteiger partial charge in [-0.2, -0.15) is 5.10 Å². The fourth-order valence-corrected chi connectivity index (χ4v) is 2.89. The Morgan fingerprint density at radius 1 is 1.03 bits per heavy atom. The van der Waals surface area contributed by atoms with E-state index in [0.29, 0.717) is 27.6 Å². The minimum atomic E-state index is -0.716. The number of rotatable bonds is 7. The van der Waals surface area contributed by atoms with Gasteiger partial charge in [0, 0.05) is 9.50 Å². The SMILES string of the molecule is CC(Oc1ccc(Br)cc1)C(=O)NN=Cc1ccc(OC(=O)c2cccc(Cl)c2)cc1. The lowest BCUT2D eigenvalue weighted by Crippen LogP contribution is -2.33. The van der Waals surface area contributed by atoms with Crippen molar-refractivity contribution in [1.29, 1.82) is 0 Å². The van der Waals surface area contributed by atoms with Crippen LogP contribution in [-0.4, -0.2) is 24.2 Å². The molecule has 3 aromatic carbocycles. The maximum absolute atomic E-state index is 12.1. The quantitative estimate of drug-likeness (QED) is 0.208. The predicted molar refractivity (Wildman–Crippen MR) is 123 cm³/mol. The van der Waals surface area contributed by atoms with Crippen molar-refractivity contribution in [2.45, 2.75) is 13.0 Å². The Bertz CT molecular complexity index is 1090. The molecule has 8 heteroatoms. The predicted octanol–water partition coefficient (Wildman–Crippen LogP) is 5.24. The Morgan fingerprint density at radius 2 is 1.71 bits per heavy atom. The lowest BCUT2D eigenvalue weighted by Gasteiger charge is -2.12. The molecule has 0 spiro atoms. The van der Waals surface area contributed by atoms with Crippen LogP contribution in [0.4, 0.5) is 0 Å². The molecular formula is C23H18BrClN2O4. The van der Waals surface area contributed by atoms with Gasteiger partial charge in [-0.1, -0.05) is 33.6 Å². The molecule has 0 aliphatic heterocycles. The van der Waals surface area contributed by atoms with Crippen molar-refractivity contribution in [2.75, 3.05) is 0 Å². The van der Waals surface area contributed by atoms with Crippen molar-refractivity contribution in [3.63, 3.8) is 0 Å². The van der Waals surface area contributed by atoms with Crippen molar-refractivity contribution < 1.29 is 19.1 Å². The van der Waals surface area contributed by atoms with E-state index in [1.54, 1.807) is 61.5 Å². The largest absolute Gasteiger partial charge is 0.481 e. The van der Waals surface area contributed by atoms with Crippen LogP contribution in [0, 0.1) is 0 Å². The number of nitrogens with one attached hydrogen (secondary N) is 1. The Morgan fingerprint density at radius 3 is 2.39 bits per heavy atom. The molecule has 0 saturated heterocycles. The van der Waals surface area contributed by atoms with Crippen LogP contribution in [-0.2, 0) is 4.79 Å². The van der Waals surface area contributed by atoms with Gasteiger partial charge in [0.05, 0.1) is 11.8 Å².